The van der Waals surface area contributed by atoms with Gasteiger partial charge in [0, 0.05) is 30.9 Å². The van der Waals surface area contributed by atoms with Crippen LogP contribution in [0.1, 0.15) is 6.42 Å². The second-order valence-corrected chi connectivity index (χ2v) is 7.45. The molecule has 3 N–H and O–H groups in total. The highest BCUT2D eigenvalue weighted by Gasteiger charge is 2.26. The molecule has 0 radical (unpaired) electrons. The van der Waals surface area contributed by atoms with Crippen LogP contribution in [-0.2, 0) is 10.0 Å². The van der Waals surface area contributed by atoms with Gasteiger partial charge in [-0.15, -0.1) is 0 Å². The summed E-state index contributed by atoms with van der Waals surface area (Å²) < 4.78 is 22.8. The Morgan fingerprint density at radius 3 is 2.56 bits per heavy atom. The van der Waals surface area contributed by atoms with Crippen molar-refractivity contribution < 1.29 is 13.3 Å². The van der Waals surface area contributed by atoms with Crippen LogP contribution in [-0.4, -0.2) is 32.5 Å². The van der Waals surface area contributed by atoms with Crippen molar-refractivity contribution in [3.63, 3.8) is 0 Å². The zero-order chi connectivity index (χ0) is 18.0. The van der Waals surface area contributed by atoms with Crippen LogP contribution in [0.2, 0.25) is 0 Å². The Labute approximate surface area is 145 Å². The number of anilines is 2. The SMILES string of the molecule is NS(=O)(=O)c1ccc(NC2CCN(c3ccccc3)C2)c([N+](=O)[O-])c1. The van der Waals surface area contributed by atoms with Gasteiger partial charge in [-0.2, -0.15) is 0 Å². The normalized spacial score (nSPS) is 17.5. The van der Waals surface area contributed by atoms with Crippen LogP contribution < -0.4 is 15.4 Å². The maximum atomic E-state index is 11.4. The van der Waals surface area contributed by atoms with Gasteiger partial charge in [0.05, 0.1) is 9.82 Å². The molecule has 3 rings (SSSR count). The molecule has 1 unspecified atom stereocenters. The zero-order valence-corrected chi connectivity index (χ0v) is 14.1. The largest absolute Gasteiger partial charge is 0.375 e. The molecule has 9 heteroatoms. The van der Waals surface area contributed by atoms with Gasteiger partial charge in [0.25, 0.3) is 5.69 Å². The van der Waals surface area contributed by atoms with Crippen LogP contribution in [0.3, 0.4) is 0 Å². The first kappa shape index (κ1) is 17.2. The van der Waals surface area contributed by atoms with Gasteiger partial charge in [0.2, 0.25) is 10.0 Å². The number of sulfonamides is 1. The first-order valence-corrected chi connectivity index (χ1v) is 9.27. The first-order chi connectivity index (χ1) is 11.8. The summed E-state index contributed by atoms with van der Waals surface area (Å²) in [5.41, 5.74) is 1.09. The van der Waals surface area contributed by atoms with Gasteiger partial charge in [0.1, 0.15) is 5.69 Å². The number of primary sulfonamides is 1. The van der Waals surface area contributed by atoms with Crippen LogP contribution in [0.5, 0.6) is 0 Å². The Morgan fingerprint density at radius 1 is 1.20 bits per heavy atom. The van der Waals surface area contributed by atoms with E-state index in [1.807, 2.05) is 30.3 Å². The Kier molecular flexibility index (Phi) is 4.60. The molecule has 1 aliphatic heterocycles. The molecule has 0 bridgehead atoms. The average molecular weight is 362 g/mol. The number of nitrogens with one attached hydrogen (secondary N) is 1. The highest BCUT2D eigenvalue weighted by Crippen LogP contribution is 2.30. The van der Waals surface area contributed by atoms with E-state index in [1.165, 1.54) is 12.1 Å². The predicted molar refractivity (Wildman–Crippen MR) is 95.2 cm³/mol. The summed E-state index contributed by atoms with van der Waals surface area (Å²) in [5, 5.41) is 19.5. The maximum absolute atomic E-state index is 11.4. The summed E-state index contributed by atoms with van der Waals surface area (Å²) in [6.45, 7) is 1.54. The molecule has 0 aliphatic carbocycles. The van der Waals surface area contributed by atoms with Gasteiger partial charge in [0.15, 0.2) is 0 Å². The monoisotopic (exact) mass is 362 g/mol. The van der Waals surface area contributed by atoms with Crippen LogP contribution in [0.25, 0.3) is 0 Å². The minimum atomic E-state index is -3.99. The summed E-state index contributed by atoms with van der Waals surface area (Å²) in [6, 6.07) is 13.6. The van der Waals surface area contributed by atoms with Crippen molar-refractivity contribution in [3.05, 3.63) is 58.6 Å². The number of rotatable bonds is 5. The van der Waals surface area contributed by atoms with E-state index in [0.29, 0.717) is 6.54 Å². The molecule has 0 amide bonds. The van der Waals surface area contributed by atoms with E-state index in [2.05, 4.69) is 10.2 Å². The lowest BCUT2D eigenvalue weighted by Gasteiger charge is -2.19. The highest BCUT2D eigenvalue weighted by atomic mass is 32.2. The fourth-order valence-electron chi connectivity index (χ4n) is 2.93. The second-order valence-electron chi connectivity index (χ2n) is 5.89. The lowest BCUT2D eigenvalue weighted by Crippen LogP contribution is -2.26. The Balaban J connectivity index is 1.78. The molecule has 132 valence electrons. The van der Waals surface area contributed by atoms with Gasteiger partial charge >= 0.3 is 0 Å². The van der Waals surface area contributed by atoms with Gasteiger partial charge in [-0.1, -0.05) is 18.2 Å². The predicted octanol–water partition coefficient (Wildman–Crippen LogP) is 1.93. The minimum absolute atomic E-state index is 0.0271. The van der Waals surface area contributed by atoms with Gasteiger partial charge in [-0.3, -0.25) is 10.1 Å². The van der Waals surface area contributed by atoms with Crippen molar-refractivity contribution in [1.29, 1.82) is 0 Å². The Hall–Kier alpha value is -2.65. The summed E-state index contributed by atoms with van der Waals surface area (Å²) in [4.78, 5) is 12.6. The smallest absolute Gasteiger partial charge is 0.293 e. The molecular weight excluding hydrogens is 344 g/mol. The molecule has 1 heterocycles. The number of hydrogen-bond donors (Lipinski definition) is 2. The Morgan fingerprint density at radius 2 is 1.92 bits per heavy atom. The Bertz CT molecular complexity index is 886. The quantitative estimate of drug-likeness (QED) is 0.620. The van der Waals surface area contributed by atoms with Crippen molar-refractivity contribution in [3.8, 4) is 0 Å². The topological polar surface area (TPSA) is 119 Å². The van der Waals surface area contributed by atoms with Gasteiger partial charge in [-0.05, 0) is 30.7 Å². The summed E-state index contributed by atoms with van der Waals surface area (Å²) in [5.74, 6) is 0. The molecular formula is C16H18N4O4S. The van der Waals surface area contributed by atoms with Crippen molar-refractivity contribution in [2.45, 2.75) is 17.4 Å². The molecule has 1 fully saturated rings. The van der Waals surface area contributed by atoms with E-state index in [1.54, 1.807) is 0 Å². The van der Waals surface area contributed by atoms with Crippen molar-refractivity contribution >= 4 is 27.1 Å². The van der Waals surface area contributed by atoms with Crippen molar-refractivity contribution in [2.75, 3.05) is 23.3 Å². The number of nitro benzene ring substituents is 1. The maximum Gasteiger partial charge on any atom is 0.293 e. The summed E-state index contributed by atoms with van der Waals surface area (Å²) >= 11 is 0. The minimum Gasteiger partial charge on any atom is -0.375 e. The standard InChI is InChI=1S/C16H18N4O4S/c17-25(23,24)14-6-7-15(16(10-14)20(21)22)18-12-8-9-19(11-12)13-4-2-1-3-5-13/h1-7,10,12,18H,8-9,11H2,(H2,17,23,24). The number of benzene rings is 2. The van der Waals surface area contributed by atoms with Crippen LogP contribution in [0.4, 0.5) is 17.1 Å². The molecule has 25 heavy (non-hydrogen) atoms. The third-order valence-electron chi connectivity index (χ3n) is 4.16. The number of hydrogen-bond acceptors (Lipinski definition) is 6. The lowest BCUT2D eigenvalue weighted by atomic mass is 10.2. The fourth-order valence-corrected chi connectivity index (χ4v) is 3.47. The summed E-state index contributed by atoms with van der Waals surface area (Å²) in [6.07, 6.45) is 0.822. The van der Waals surface area contributed by atoms with E-state index in [9.17, 15) is 18.5 Å². The third-order valence-corrected chi connectivity index (χ3v) is 5.07. The fraction of sp³-hybridized carbons (Fsp3) is 0.250. The zero-order valence-electron chi connectivity index (χ0n) is 13.3. The van der Waals surface area contributed by atoms with Gasteiger partial charge in [-0.25, -0.2) is 13.6 Å². The van der Waals surface area contributed by atoms with E-state index < -0.39 is 14.9 Å². The molecule has 2 aromatic carbocycles. The van der Waals surface area contributed by atoms with E-state index in [-0.39, 0.29) is 22.3 Å². The molecule has 0 saturated carbocycles. The molecule has 0 spiro atoms. The van der Waals surface area contributed by atoms with Crippen LogP contribution >= 0.6 is 0 Å². The number of para-hydroxylation sites is 1. The number of nitrogens with two attached hydrogens (primary N) is 1. The molecule has 0 aromatic heterocycles. The van der Waals surface area contributed by atoms with E-state index in [0.717, 1.165) is 24.7 Å². The highest BCUT2D eigenvalue weighted by molar-refractivity contribution is 7.89. The molecule has 8 nitrogen and oxygen atoms in total. The average Bonchev–Trinajstić information content (AvgIpc) is 3.03. The lowest BCUT2D eigenvalue weighted by molar-refractivity contribution is -0.384. The molecule has 1 aliphatic rings. The van der Waals surface area contributed by atoms with E-state index >= 15 is 0 Å². The number of nitro groups is 1. The van der Waals surface area contributed by atoms with E-state index in [4.69, 9.17) is 5.14 Å². The van der Waals surface area contributed by atoms with Crippen LogP contribution in [0.15, 0.2) is 53.4 Å². The number of nitrogens with zero attached hydrogens (tertiary/aromatic N) is 2. The third kappa shape index (κ3) is 3.89. The van der Waals surface area contributed by atoms with Gasteiger partial charge < -0.3 is 10.2 Å². The molecule has 1 saturated heterocycles. The van der Waals surface area contributed by atoms with Crippen molar-refractivity contribution in [1.82, 2.24) is 0 Å². The molecule has 2 aromatic rings. The first-order valence-electron chi connectivity index (χ1n) is 7.72. The second kappa shape index (κ2) is 6.69. The molecule has 1 atom stereocenters. The van der Waals surface area contributed by atoms with Crippen LogP contribution in [0, 0.1) is 10.1 Å². The van der Waals surface area contributed by atoms with Crippen molar-refractivity contribution in [2.24, 2.45) is 5.14 Å². The summed E-state index contributed by atoms with van der Waals surface area (Å²) in [7, 11) is -3.99.